The van der Waals surface area contributed by atoms with Gasteiger partial charge in [-0.2, -0.15) is 0 Å². The molecule has 1 N–H and O–H groups in total. The number of nitrogens with zero attached hydrogens (tertiary/aromatic N) is 1. The van der Waals surface area contributed by atoms with Gasteiger partial charge in [-0.3, -0.25) is 4.79 Å². The first-order chi connectivity index (χ1) is 13.0. The fourth-order valence-corrected chi connectivity index (χ4v) is 4.04. The minimum Gasteiger partial charge on any atom is -0.481 e. The molecule has 0 saturated carbocycles. The van der Waals surface area contributed by atoms with Crippen molar-refractivity contribution in [3.8, 4) is 5.75 Å². The molecule has 2 unspecified atom stereocenters. The zero-order valence-electron chi connectivity index (χ0n) is 16.1. The molecule has 142 valence electrons. The van der Waals surface area contributed by atoms with Crippen LogP contribution < -0.4 is 15.0 Å². The highest BCUT2D eigenvalue weighted by atomic mass is 16.5. The molecule has 1 amide bonds. The van der Waals surface area contributed by atoms with Gasteiger partial charge in [0.05, 0.1) is 17.9 Å². The molecule has 4 rings (SSSR count). The van der Waals surface area contributed by atoms with E-state index < -0.39 is 0 Å². The summed E-state index contributed by atoms with van der Waals surface area (Å²) in [6.07, 6.45) is 2.78. The Morgan fingerprint density at radius 3 is 2.37 bits per heavy atom. The fourth-order valence-electron chi connectivity index (χ4n) is 4.04. The highest BCUT2D eigenvalue weighted by molar-refractivity contribution is 5.97. The molecule has 2 aliphatic heterocycles. The average Bonchev–Trinajstić information content (AvgIpc) is 2.65. The van der Waals surface area contributed by atoms with Crippen molar-refractivity contribution in [3.05, 3.63) is 48.0 Å². The summed E-state index contributed by atoms with van der Waals surface area (Å²) in [6, 6.07) is 14.5. The number of amides is 1. The summed E-state index contributed by atoms with van der Waals surface area (Å²) in [5.74, 6) is 1.25. The lowest BCUT2D eigenvalue weighted by Gasteiger charge is -2.32. The van der Waals surface area contributed by atoms with Gasteiger partial charge in [0.15, 0.2) is 6.61 Å². The van der Waals surface area contributed by atoms with E-state index in [1.807, 2.05) is 18.2 Å². The number of ether oxygens (including phenoxy) is 2. The minimum atomic E-state index is -0.0319. The smallest absolute Gasteiger partial charge is 0.264 e. The summed E-state index contributed by atoms with van der Waals surface area (Å²) in [6.45, 7) is 4.40. The lowest BCUT2D eigenvalue weighted by atomic mass is 9.86. The van der Waals surface area contributed by atoms with Gasteiger partial charge in [0, 0.05) is 24.5 Å². The summed E-state index contributed by atoms with van der Waals surface area (Å²) in [5.41, 5.74) is 4.15. The van der Waals surface area contributed by atoms with Crippen LogP contribution in [0.2, 0.25) is 0 Å². The lowest BCUT2D eigenvalue weighted by molar-refractivity contribution is -0.120. The molecule has 2 aliphatic rings. The molecule has 27 heavy (non-hydrogen) atoms. The van der Waals surface area contributed by atoms with Crippen molar-refractivity contribution in [1.82, 2.24) is 0 Å². The molecule has 2 heterocycles. The van der Waals surface area contributed by atoms with Crippen LogP contribution in [0.15, 0.2) is 42.5 Å². The van der Waals surface area contributed by atoms with Gasteiger partial charge >= 0.3 is 0 Å². The van der Waals surface area contributed by atoms with E-state index in [4.69, 9.17) is 9.47 Å². The molecular weight excluding hydrogens is 340 g/mol. The first-order valence-electron chi connectivity index (χ1n) is 9.55. The number of nitrogens with one attached hydrogen (secondary N) is 1. The summed E-state index contributed by atoms with van der Waals surface area (Å²) >= 11 is 0. The minimum absolute atomic E-state index is 0.0319. The number of fused-ring (bicyclic) bond motifs is 1. The van der Waals surface area contributed by atoms with E-state index >= 15 is 0 Å². The number of anilines is 3. The van der Waals surface area contributed by atoms with Crippen LogP contribution in [0.1, 0.15) is 38.2 Å². The van der Waals surface area contributed by atoms with E-state index in [0.29, 0.717) is 18.1 Å². The van der Waals surface area contributed by atoms with Crippen molar-refractivity contribution in [1.29, 1.82) is 0 Å². The Balaban J connectivity index is 1.47. The second kappa shape index (κ2) is 7.24. The van der Waals surface area contributed by atoms with Gasteiger partial charge in [-0.1, -0.05) is 12.1 Å². The highest BCUT2D eigenvalue weighted by Crippen LogP contribution is 2.36. The van der Waals surface area contributed by atoms with Crippen LogP contribution in [0.25, 0.3) is 0 Å². The number of benzene rings is 2. The second-order valence-corrected chi connectivity index (χ2v) is 7.60. The van der Waals surface area contributed by atoms with E-state index in [9.17, 15) is 4.79 Å². The van der Waals surface area contributed by atoms with Gasteiger partial charge in [-0.15, -0.1) is 0 Å². The Hall–Kier alpha value is -2.53. The molecule has 1 fully saturated rings. The van der Waals surface area contributed by atoms with Gasteiger partial charge in [0.25, 0.3) is 5.91 Å². The van der Waals surface area contributed by atoms with Gasteiger partial charge in [-0.25, -0.2) is 0 Å². The molecule has 0 radical (unpaired) electrons. The predicted octanol–water partition coefficient (Wildman–Crippen LogP) is 4.46. The number of hydrogen-bond donors (Lipinski definition) is 1. The van der Waals surface area contributed by atoms with Crippen molar-refractivity contribution in [2.45, 2.75) is 44.8 Å². The van der Waals surface area contributed by atoms with Crippen molar-refractivity contribution in [3.63, 3.8) is 0 Å². The number of likely N-dealkylation sites (N-methyl/N-ethyl adjacent to an activating group) is 1. The van der Waals surface area contributed by atoms with Gasteiger partial charge < -0.3 is 19.7 Å². The average molecular weight is 366 g/mol. The number of hydrogen-bond acceptors (Lipinski definition) is 4. The van der Waals surface area contributed by atoms with Crippen molar-refractivity contribution >= 4 is 23.0 Å². The summed E-state index contributed by atoms with van der Waals surface area (Å²) in [5, 5.41) is 3.42. The normalized spacial score (nSPS) is 24.9. The van der Waals surface area contributed by atoms with E-state index in [1.54, 1.807) is 11.9 Å². The van der Waals surface area contributed by atoms with Crippen molar-refractivity contribution in [2.75, 3.05) is 23.9 Å². The number of carbonyl (C=O) groups excluding carboxylic acids is 1. The van der Waals surface area contributed by atoms with Crippen molar-refractivity contribution in [2.24, 2.45) is 0 Å². The number of rotatable bonds is 3. The first kappa shape index (κ1) is 17.9. The second-order valence-electron chi connectivity index (χ2n) is 7.60. The molecule has 1 saturated heterocycles. The van der Waals surface area contributed by atoms with E-state index in [1.165, 1.54) is 5.56 Å². The third kappa shape index (κ3) is 3.78. The zero-order chi connectivity index (χ0) is 19.0. The monoisotopic (exact) mass is 366 g/mol. The predicted molar refractivity (Wildman–Crippen MR) is 107 cm³/mol. The maximum atomic E-state index is 11.7. The molecule has 2 aromatic rings. The Morgan fingerprint density at radius 2 is 1.67 bits per heavy atom. The van der Waals surface area contributed by atoms with Crippen LogP contribution >= 0.6 is 0 Å². The maximum Gasteiger partial charge on any atom is 0.264 e. The van der Waals surface area contributed by atoms with Crippen LogP contribution in [-0.4, -0.2) is 31.8 Å². The summed E-state index contributed by atoms with van der Waals surface area (Å²) in [7, 11) is 1.77. The van der Waals surface area contributed by atoms with Gasteiger partial charge in [0.2, 0.25) is 0 Å². The molecule has 0 bridgehead atoms. The van der Waals surface area contributed by atoms with E-state index in [-0.39, 0.29) is 12.5 Å². The molecular formula is C22H26N2O3. The molecule has 2 aromatic carbocycles. The standard InChI is InChI=1S/C22H26N2O3/c1-14-10-17(11-15(2)27-14)16-4-6-18(7-5-16)23-19-8-9-20-21(12-19)26-13-22(25)24(20)3/h4-9,12,14-15,17,23H,10-11,13H2,1-3H3. The molecule has 0 spiro atoms. The van der Waals surface area contributed by atoms with E-state index in [0.717, 1.165) is 35.7 Å². The maximum absolute atomic E-state index is 11.7. The topological polar surface area (TPSA) is 50.8 Å². The van der Waals surface area contributed by atoms with Crippen LogP contribution in [0.3, 0.4) is 0 Å². The summed E-state index contributed by atoms with van der Waals surface area (Å²) in [4.78, 5) is 13.3. The van der Waals surface area contributed by atoms with Gasteiger partial charge in [-0.05, 0) is 62.4 Å². The van der Waals surface area contributed by atoms with Crippen molar-refractivity contribution < 1.29 is 14.3 Å². The SMILES string of the molecule is CC1CC(c2ccc(Nc3ccc4c(c3)OCC(=O)N4C)cc2)CC(C)O1. The quantitative estimate of drug-likeness (QED) is 0.872. The first-order valence-corrected chi connectivity index (χ1v) is 9.55. The van der Waals surface area contributed by atoms with Crippen LogP contribution in [-0.2, 0) is 9.53 Å². The molecule has 2 atom stereocenters. The molecule has 0 aromatic heterocycles. The summed E-state index contributed by atoms with van der Waals surface area (Å²) < 4.78 is 11.4. The number of carbonyl (C=O) groups is 1. The highest BCUT2D eigenvalue weighted by Gasteiger charge is 2.25. The third-order valence-corrected chi connectivity index (χ3v) is 5.41. The fraction of sp³-hybridized carbons (Fsp3) is 0.409. The van der Waals surface area contributed by atoms with Crippen LogP contribution in [0.4, 0.5) is 17.1 Å². The Bertz CT molecular complexity index is 824. The largest absolute Gasteiger partial charge is 0.481 e. The molecule has 5 heteroatoms. The zero-order valence-corrected chi connectivity index (χ0v) is 16.1. The Labute approximate surface area is 160 Å². The van der Waals surface area contributed by atoms with E-state index in [2.05, 4.69) is 43.4 Å². The van der Waals surface area contributed by atoms with Crippen LogP contribution in [0.5, 0.6) is 5.75 Å². The third-order valence-electron chi connectivity index (χ3n) is 5.41. The Kier molecular flexibility index (Phi) is 4.79. The lowest BCUT2D eigenvalue weighted by Crippen LogP contribution is -2.35. The molecule has 0 aliphatic carbocycles. The molecule has 5 nitrogen and oxygen atoms in total. The van der Waals surface area contributed by atoms with Gasteiger partial charge in [0.1, 0.15) is 5.75 Å². The Morgan fingerprint density at radius 1 is 1.00 bits per heavy atom. The van der Waals surface area contributed by atoms with Crippen LogP contribution in [0, 0.1) is 0 Å².